The quantitative estimate of drug-likeness (QED) is 0.713. The van der Waals surface area contributed by atoms with Gasteiger partial charge in [0.25, 0.3) is 0 Å². The summed E-state index contributed by atoms with van der Waals surface area (Å²) >= 11 is 0. The molecule has 2 heterocycles. The number of rotatable bonds is 2. The second kappa shape index (κ2) is 4.67. The van der Waals surface area contributed by atoms with Crippen LogP contribution in [0.25, 0.3) is 22.3 Å². The van der Waals surface area contributed by atoms with Crippen molar-refractivity contribution in [2.75, 3.05) is 7.11 Å². The molecule has 0 unspecified atom stereocenters. The zero-order chi connectivity index (χ0) is 14.1. The van der Waals surface area contributed by atoms with E-state index in [2.05, 4.69) is 16.0 Å². The van der Waals surface area contributed by atoms with Gasteiger partial charge in [-0.15, -0.1) is 0 Å². The molecule has 0 saturated carbocycles. The number of hydrogen-bond donors (Lipinski definition) is 0. The number of methoxy groups -OCH3 is 1. The molecule has 0 saturated heterocycles. The second-order valence-electron chi connectivity index (χ2n) is 4.44. The Kier molecular flexibility index (Phi) is 2.84. The van der Waals surface area contributed by atoms with Crippen LogP contribution in [-0.4, -0.2) is 21.6 Å². The predicted molar refractivity (Wildman–Crippen MR) is 75.2 cm³/mol. The van der Waals surface area contributed by atoms with E-state index in [-0.39, 0.29) is 0 Å². The fourth-order valence-electron chi connectivity index (χ4n) is 2.14. The second-order valence-corrected chi connectivity index (χ2v) is 4.44. The Hall–Kier alpha value is -2.87. The first-order valence-electron chi connectivity index (χ1n) is 6.08. The highest BCUT2D eigenvalue weighted by Crippen LogP contribution is 2.26. The number of benzene rings is 1. The van der Waals surface area contributed by atoms with E-state index in [4.69, 9.17) is 10.00 Å². The number of imidazole rings is 1. The number of aryl methyl sites for hydroxylation is 1. The largest absolute Gasteiger partial charge is 0.495 e. The van der Waals surface area contributed by atoms with Gasteiger partial charge in [-0.3, -0.25) is 4.98 Å². The molecule has 20 heavy (non-hydrogen) atoms. The molecule has 0 amide bonds. The van der Waals surface area contributed by atoms with E-state index in [9.17, 15) is 0 Å². The van der Waals surface area contributed by atoms with Crippen molar-refractivity contribution in [1.82, 2.24) is 14.5 Å². The normalized spacial score (nSPS) is 10.4. The van der Waals surface area contributed by atoms with Gasteiger partial charge in [0.05, 0.1) is 41.9 Å². The zero-order valence-corrected chi connectivity index (χ0v) is 11.2. The Bertz CT molecular complexity index is 829. The summed E-state index contributed by atoms with van der Waals surface area (Å²) < 4.78 is 7.06. The van der Waals surface area contributed by atoms with Crippen molar-refractivity contribution in [3.63, 3.8) is 0 Å². The summed E-state index contributed by atoms with van der Waals surface area (Å²) in [6, 6.07) is 9.48. The van der Waals surface area contributed by atoms with E-state index in [1.807, 2.05) is 23.7 Å². The van der Waals surface area contributed by atoms with Crippen molar-refractivity contribution < 1.29 is 4.74 Å². The number of hydrogen-bond acceptors (Lipinski definition) is 4. The lowest BCUT2D eigenvalue weighted by Crippen LogP contribution is -1.91. The molecule has 0 radical (unpaired) electrons. The monoisotopic (exact) mass is 264 g/mol. The number of pyridine rings is 1. The molecule has 0 atom stereocenters. The molecule has 0 fully saturated rings. The fourth-order valence-corrected chi connectivity index (χ4v) is 2.14. The van der Waals surface area contributed by atoms with E-state index in [1.54, 1.807) is 31.8 Å². The minimum absolute atomic E-state index is 0.493. The van der Waals surface area contributed by atoms with Gasteiger partial charge in [-0.25, -0.2) is 4.98 Å². The van der Waals surface area contributed by atoms with E-state index >= 15 is 0 Å². The number of nitriles is 1. The third-order valence-electron chi connectivity index (χ3n) is 3.23. The molecular formula is C15H12N4O. The summed E-state index contributed by atoms with van der Waals surface area (Å²) in [6.07, 6.45) is 3.54. The van der Waals surface area contributed by atoms with Gasteiger partial charge in [0, 0.05) is 12.6 Å². The maximum atomic E-state index is 9.13. The molecule has 0 aliphatic rings. The first-order chi connectivity index (χ1) is 9.72. The lowest BCUT2D eigenvalue weighted by atomic mass is 10.1. The van der Waals surface area contributed by atoms with Crippen LogP contribution < -0.4 is 4.74 Å². The fraction of sp³-hybridized carbons (Fsp3) is 0.133. The molecule has 3 aromatic rings. The van der Waals surface area contributed by atoms with Crippen molar-refractivity contribution in [3.8, 4) is 23.1 Å². The summed E-state index contributed by atoms with van der Waals surface area (Å²) in [7, 11) is 3.48. The molecule has 0 N–H and O–H groups in total. The van der Waals surface area contributed by atoms with Crippen molar-refractivity contribution in [2.24, 2.45) is 7.05 Å². The highest BCUT2D eigenvalue weighted by Gasteiger charge is 2.08. The average Bonchev–Trinajstić information content (AvgIpc) is 2.87. The van der Waals surface area contributed by atoms with Crippen LogP contribution in [0.3, 0.4) is 0 Å². The van der Waals surface area contributed by atoms with Gasteiger partial charge in [0.1, 0.15) is 11.8 Å². The molecular weight excluding hydrogens is 252 g/mol. The van der Waals surface area contributed by atoms with E-state index < -0.39 is 0 Å². The number of aromatic nitrogens is 3. The van der Waals surface area contributed by atoms with Crippen LogP contribution in [0.15, 0.2) is 36.8 Å². The van der Waals surface area contributed by atoms with Crippen LogP contribution in [0.1, 0.15) is 5.56 Å². The summed E-state index contributed by atoms with van der Waals surface area (Å²) in [4.78, 5) is 8.74. The van der Waals surface area contributed by atoms with Crippen LogP contribution in [0, 0.1) is 11.3 Å². The van der Waals surface area contributed by atoms with Crippen molar-refractivity contribution >= 4 is 11.0 Å². The van der Waals surface area contributed by atoms with E-state index in [1.165, 1.54) is 0 Å². The van der Waals surface area contributed by atoms with E-state index in [0.717, 1.165) is 22.3 Å². The molecule has 5 heteroatoms. The summed E-state index contributed by atoms with van der Waals surface area (Å²) in [5.74, 6) is 0.565. The minimum atomic E-state index is 0.493. The average molecular weight is 264 g/mol. The molecule has 3 rings (SSSR count). The molecule has 0 bridgehead atoms. The highest BCUT2D eigenvalue weighted by molar-refractivity contribution is 5.79. The summed E-state index contributed by atoms with van der Waals surface area (Å²) in [6.45, 7) is 0. The SMILES string of the molecule is COc1ccc(-c2cc3ncn(C)c3cn2)cc1C#N. The van der Waals surface area contributed by atoms with Crippen LogP contribution >= 0.6 is 0 Å². The molecule has 1 aromatic carbocycles. The summed E-state index contributed by atoms with van der Waals surface area (Å²) in [5.41, 5.74) is 4.01. The lowest BCUT2D eigenvalue weighted by molar-refractivity contribution is 0.413. The third kappa shape index (κ3) is 1.88. The zero-order valence-electron chi connectivity index (χ0n) is 11.2. The summed E-state index contributed by atoms with van der Waals surface area (Å²) in [5, 5.41) is 9.13. The smallest absolute Gasteiger partial charge is 0.136 e. The lowest BCUT2D eigenvalue weighted by Gasteiger charge is -2.05. The van der Waals surface area contributed by atoms with Gasteiger partial charge in [0.15, 0.2) is 0 Å². The Morgan fingerprint density at radius 3 is 2.85 bits per heavy atom. The predicted octanol–water partition coefficient (Wildman–Crippen LogP) is 2.52. The molecule has 98 valence electrons. The number of fused-ring (bicyclic) bond motifs is 1. The Balaban J connectivity index is 2.13. The van der Waals surface area contributed by atoms with Crippen LogP contribution in [0.5, 0.6) is 5.75 Å². The maximum Gasteiger partial charge on any atom is 0.136 e. The van der Waals surface area contributed by atoms with Gasteiger partial charge in [-0.05, 0) is 24.3 Å². The van der Waals surface area contributed by atoms with Gasteiger partial charge >= 0.3 is 0 Å². The Labute approximate surface area is 116 Å². The van der Waals surface area contributed by atoms with Crippen molar-refractivity contribution in [2.45, 2.75) is 0 Å². The van der Waals surface area contributed by atoms with Crippen LogP contribution in [0.4, 0.5) is 0 Å². The molecule has 0 aliphatic carbocycles. The maximum absolute atomic E-state index is 9.13. The van der Waals surface area contributed by atoms with Gasteiger partial charge in [-0.2, -0.15) is 5.26 Å². The van der Waals surface area contributed by atoms with Gasteiger partial charge in [-0.1, -0.05) is 0 Å². The van der Waals surface area contributed by atoms with Crippen LogP contribution in [0.2, 0.25) is 0 Å². The van der Waals surface area contributed by atoms with E-state index in [0.29, 0.717) is 11.3 Å². The topological polar surface area (TPSA) is 63.7 Å². The standard InChI is InChI=1S/C15H12N4O/c1-19-9-18-13-6-12(17-8-14(13)19)10-3-4-15(20-2)11(5-10)7-16/h3-6,8-9H,1-2H3. The highest BCUT2D eigenvalue weighted by atomic mass is 16.5. The molecule has 0 spiro atoms. The molecule has 2 aromatic heterocycles. The molecule has 5 nitrogen and oxygen atoms in total. The Morgan fingerprint density at radius 2 is 2.10 bits per heavy atom. The third-order valence-corrected chi connectivity index (χ3v) is 3.23. The number of nitrogens with zero attached hydrogens (tertiary/aromatic N) is 4. The minimum Gasteiger partial charge on any atom is -0.495 e. The number of ether oxygens (including phenoxy) is 1. The van der Waals surface area contributed by atoms with Crippen molar-refractivity contribution in [3.05, 3.63) is 42.4 Å². The first-order valence-corrected chi connectivity index (χ1v) is 6.08. The van der Waals surface area contributed by atoms with Crippen LogP contribution in [-0.2, 0) is 7.05 Å². The Morgan fingerprint density at radius 1 is 1.25 bits per heavy atom. The molecule has 0 aliphatic heterocycles. The first kappa shape index (κ1) is 12.2. The van der Waals surface area contributed by atoms with Crippen molar-refractivity contribution in [1.29, 1.82) is 5.26 Å². The van der Waals surface area contributed by atoms with Gasteiger partial charge in [0.2, 0.25) is 0 Å². The van der Waals surface area contributed by atoms with Gasteiger partial charge < -0.3 is 9.30 Å².